The molecule has 0 bridgehead atoms. The van der Waals surface area contributed by atoms with Crippen molar-refractivity contribution < 1.29 is 14.9 Å². The second kappa shape index (κ2) is 5.14. The first kappa shape index (κ1) is 13.5. The van der Waals surface area contributed by atoms with Crippen LogP contribution in [-0.2, 0) is 4.74 Å². The smallest absolute Gasteiger partial charge is 0.167 e. The maximum absolute atomic E-state index is 10.0. The number of nitrogens with zero attached hydrogens (tertiary/aromatic N) is 7. The number of hydrogen-bond donors (Lipinski definition) is 3. The molecule has 1 fully saturated rings. The van der Waals surface area contributed by atoms with Crippen molar-refractivity contribution in [3.05, 3.63) is 23.1 Å². The fraction of sp³-hybridized carbons (Fsp3) is 0.500. The molecule has 0 aliphatic carbocycles. The molecule has 0 aromatic carbocycles. The van der Waals surface area contributed by atoms with E-state index in [0.717, 1.165) is 0 Å². The van der Waals surface area contributed by atoms with Crippen molar-refractivity contribution in [2.45, 2.75) is 24.5 Å². The van der Waals surface area contributed by atoms with Crippen LogP contribution in [0.25, 0.3) is 21.6 Å². The zero-order valence-corrected chi connectivity index (χ0v) is 10.7. The Morgan fingerprint density at radius 3 is 3.00 bits per heavy atom. The van der Waals surface area contributed by atoms with Gasteiger partial charge in [-0.05, 0) is 5.53 Å². The molecule has 4 N–H and O–H groups in total. The summed E-state index contributed by atoms with van der Waals surface area (Å²) in [5.41, 5.74) is 15.1. The molecule has 3 heterocycles. The van der Waals surface area contributed by atoms with Crippen LogP contribution in [0.4, 0.5) is 5.82 Å². The van der Waals surface area contributed by atoms with Gasteiger partial charge in [0.1, 0.15) is 30.2 Å². The number of aliphatic hydroxyl groups is 2. The largest absolute Gasteiger partial charge is 0.394 e. The number of anilines is 1. The Morgan fingerprint density at radius 1 is 1.48 bits per heavy atom. The number of fused-ring (bicyclic) bond motifs is 1. The lowest BCUT2D eigenvalue weighted by Crippen LogP contribution is -2.31. The first-order chi connectivity index (χ1) is 10.2. The van der Waals surface area contributed by atoms with Crippen molar-refractivity contribution in [1.29, 1.82) is 0 Å². The van der Waals surface area contributed by atoms with E-state index in [4.69, 9.17) is 16.0 Å². The zero-order valence-electron chi connectivity index (χ0n) is 10.7. The molecule has 1 saturated heterocycles. The van der Waals surface area contributed by atoms with Crippen LogP contribution < -0.4 is 5.73 Å². The van der Waals surface area contributed by atoms with Crippen LogP contribution in [0.2, 0.25) is 0 Å². The van der Waals surface area contributed by atoms with E-state index >= 15 is 0 Å². The normalized spacial score (nSPS) is 28.7. The van der Waals surface area contributed by atoms with Crippen LogP contribution in [0.1, 0.15) is 6.23 Å². The second-order valence-electron chi connectivity index (χ2n) is 4.52. The standard InChI is InChI=1S/C10H12N8O3/c11-8-6-9(14-2-13-8)18(3-15-6)10-5(16-17-12)7(20)4(1-19)21-10/h2-5,7,10,19-20H,1H2,(H2,11,13,14)/t4-,5+,7-,10?/m1/s1. The molecule has 21 heavy (non-hydrogen) atoms. The fourth-order valence-electron chi connectivity index (χ4n) is 2.35. The Balaban J connectivity index is 2.08. The number of ether oxygens (including phenoxy) is 1. The van der Waals surface area contributed by atoms with Gasteiger partial charge in [0.25, 0.3) is 0 Å². The number of imidazole rings is 1. The van der Waals surface area contributed by atoms with Crippen molar-refractivity contribution in [3.8, 4) is 0 Å². The van der Waals surface area contributed by atoms with Crippen LogP contribution in [0.5, 0.6) is 0 Å². The van der Waals surface area contributed by atoms with Gasteiger partial charge in [0, 0.05) is 4.91 Å². The molecule has 11 nitrogen and oxygen atoms in total. The molecule has 1 aliphatic heterocycles. The molecule has 11 heteroatoms. The number of aliphatic hydroxyl groups excluding tert-OH is 2. The van der Waals surface area contributed by atoms with E-state index in [9.17, 15) is 10.2 Å². The van der Waals surface area contributed by atoms with Gasteiger partial charge >= 0.3 is 0 Å². The number of aromatic nitrogens is 4. The molecule has 2 aromatic heterocycles. The molecular formula is C10H12N8O3. The van der Waals surface area contributed by atoms with Crippen molar-refractivity contribution in [2.24, 2.45) is 5.11 Å². The minimum Gasteiger partial charge on any atom is -0.394 e. The van der Waals surface area contributed by atoms with E-state index in [1.54, 1.807) is 0 Å². The number of nitrogen functional groups attached to an aromatic ring is 1. The number of rotatable bonds is 3. The summed E-state index contributed by atoms with van der Waals surface area (Å²) in [5, 5.41) is 22.8. The predicted molar refractivity (Wildman–Crippen MR) is 69.7 cm³/mol. The second-order valence-corrected chi connectivity index (χ2v) is 4.52. The third-order valence-corrected chi connectivity index (χ3v) is 3.36. The molecule has 0 spiro atoms. The highest BCUT2D eigenvalue weighted by Crippen LogP contribution is 2.33. The Bertz CT molecular complexity index is 711. The van der Waals surface area contributed by atoms with Gasteiger partial charge in [0.05, 0.1) is 19.0 Å². The molecule has 0 amide bonds. The highest BCUT2D eigenvalue weighted by molar-refractivity contribution is 5.81. The molecule has 2 aromatic rings. The summed E-state index contributed by atoms with van der Waals surface area (Å²) in [5.74, 6) is 0.205. The lowest BCUT2D eigenvalue weighted by Gasteiger charge is -2.16. The highest BCUT2D eigenvalue weighted by Gasteiger charge is 2.44. The summed E-state index contributed by atoms with van der Waals surface area (Å²) in [6.07, 6.45) is -0.151. The van der Waals surface area contributed by atoms with Crippen LogP contribution in [-0.4, -0.2) is 54.6 Å². The maximum Gasteiger partial charge on any atom is 0.167 e. The van der Waals surface area contributed by atoms with Crippen LogP contribution in [0.3, 0.4) is 0 Å². The molecule has 1 unspecified atom stereocenters. The first-order valence-corrected chi connectivity index (χ1v) is 6.09. The summed E-state index contributed by atoms with van der Waals surface area (Å²) in [6, 6.07) is -0.916. The van der Waals surface area contributed by atoms with Crippen molar-refractivity contribution in [3.63, 3.8) is 0 Å². The molecular weight excluding hydrogens is 280 g/mol. The highest BCUT2D eigenvalue weighted by atomic mass is 16.5. The lowest BCUT2D eigenvalue weighted by molar-refractivity contribution is -0.0437. The van der Waals surface area contributed by atoms with E-state index < -0.39 is 31.1 Å². The topological polar surface area (TPSA) is 168 Å². The summed E-state index contributed by atoms with van der Waals surface area (Å²) in [7, 11) is 0. The predicted octanol–water partition coefficient (Wildman–Crippen LogP) is -0.662. The van der Waals surface area contributed by atoms with Gasteiger partial charge in [-0.3, -0.25) is 4.57 Å². The lowest BCUT2D eigenvalue weighted by atomic mass is 10.1. The monoisotopic (exact) mass is 292 g/mol. The van der Waals surface area contributed by atoms with Gasteiger partial charge in [-0.25, -0.2) is 15.0 Å². The van der Waals surface area contributed by atoms with E-state index in [-0.39, 0.29) is 5.82 Å². The number of nitrogens with two attached hydrogens (primary N) is 1. The molecule has 3 rings (SSSR count). The van der Waals surface area contributed by atoms with Crippen molar-refractivity contribution in [1.82, 2.24) is 19.5 Å². The average Bonchev–Trinajstić information content (AvgIpc) is 3.03. The van der Waals surface area contributed by atoms with E-state index in [1.807, 2.05) is 0 Å². The average molecular weight is 292 g/mol. The van der Waals surface area contributed by atoms with Gasteiger partial charge in [0.15, 0.2) is 11.5 Å². The first-order valence-electron chi connectivity index (χ1n) is 6.09. The third-order valence-electron chi connectivity index (χ3n) is 3.36. The third kappa shape index (κ3) is 2.04. The Kier molecular flexibility index (Phi) is 3.31. The molecule has 1 aliphatic rings. The summed E-state index contributed by atoms with van der Waals surface area (Å²) in [4.78, 5) is 14.7. The quantitative estimate of drug-likeness (QED) is 0.383. The van der Waals surface area contributed by atoms with Gasteiger partial charge < -0.3 is 20.7 Å². The van der Waals surface area contributed by atoms with Gasteiger partial charge in [-0.15, -0.1) is 0 Å². The van der Waals surface area contributed by atoms with E-state index in [1.165, 1.54) is 17.2 Å². The minimum atomic E-state index is -1.13. The number of azide groups is 1. The Labute approximate surface area is 117 Å². The molecule has 4 atom stereocenters. The maximum atomic E-state index is 10.0. The van der Waals surface area contributed by atoms with Crippen LogP contribution in [0, 0.1) is 0 Å². The van der Waals surface area contributed by atoms with Gasteiger partial charge in [-0.1, -0.05) is 5.11 Å². The van der Waals surface area contributed by atoms with Crippen molar-refractivity contribution >= 4 is 17.0 Å². The van der Waals surface area contributed by atoms with Gasteiger partial charge in [-0.2, -0.15) is 0 Å². The van der Waals surface area contributed by atoms with Gasteiger partial charge in [0.2, 0.25) is 0 Å². The SMILES string of the molecule is [N-]=[N+]=N[C@@H]1C(n2cnc3c(N)ncnc32)O[C@H](CO)[C@H]1O. The van der Waals surface area contributed by atoms with Crippen molar-refractivity contribution in [2.75, 3.05) is 12.3 Å². The number of hydrogen-bond acceptors (Lipinski definition) is 8. The van der Waals surface area contributed by atoms with E-state index in [0.29, 0.717) is 11.2 Å². The Morgan fingerprint density at radius 2 is 2.29 bits per heavy atom. The Hall–Kier alpha value is -2.46. The molecule has 0 saturated carbocycles. The van der Waals surface area contributed by atoms with E-state index in [2.05, 4.69) is 25.0 Å². The fourth-order valence-corrected chi connectivity index (χ4v) is 2.35. The summed E-state index contributed by atoms with van der Waals surface area (Å²) in [6.45, 7) is -0.404. The molecule has 110 valence electrons. The summed E-state index contributed by atoms with van der Waals surface area (Å²) >= 11 is 0. The zero-order chi connectivity index (χ0) is 15.0. The van der Waals surface area contributed by atoms with Crippen LogP contribution in [0.15, 0.2) is 17.8 Å². The molecule has 0 radical (unpaired) electrons. The van der Waals surface area contributed by atoms with Crippen LogP contribution >= 0.6 is 0 Å². The summed E-state index contributed by atoms with van der Waals surface area (Å²) < 4.78 is 7.03. The minimum absolute atomic E-state index is 0.205.